The van der Waals surface area contributed by atoms with E-state index in [4.69, 9.17) is 4.74 Å². The van der Waals surface area contributed by atoms with Gasteiger partial charge in [0.05, 0.1) is 13.2 Å². The summed E-state index contributed by atoms with van der Waals surface area (Å²) in [6.45, 7) is 6.29. The fourth-order valence-corrected chi connectivity index (χ4v) is 3.45. The van der Waals surface area contributed by atoms with E-state index in [1.165, 1.54) is 13.0 Å². The fourth-order valence-electron chi connectivity index (χ4n) is 3.45. The highest BCUT2D eigenvalue weighted by molar-refractivity contribution is 5.81. The summed E-state index contributed by atoms with van der Waals surface area (Å²) in [5, 5.41) is 0. The van der Waals surface area contributed by atoms with Crippen molar-refractivity contribution in [3.05, 3.63) is 0 Å². The normalized spacial score (nSPS) is 36.8. The number of ether oxygens (including phenoxy) is 1. The van der Waals surface area contributed by atoms with Gasteiger partial charge in [0.25, 0.3) is 0 Å². The number of morpholine rings is 1. The number of Topliss-reactive ketones (excluding diaryl/α,β-unsaturated/α-hetero) is 1. The highest BCUT2D eigenvalue weighted by Crippen LogP contribution is 2.26. The van der Waals surface area contributed by atoms with Crippen molar-refractivity contribution in [2.24, 2.45) is 0 Å². The summed E-state index contributed by atoms with van der Waals surface area (Å²) in [5.74, 6) is 0.463. The predicted octanol–water partition coefficient (Wildman–Crippen LogP) is 0.514. The van der Waals surface area contributed by atoms with Crippen molar-refractivity contribution in [1.29, 1.82) is 0 Å². The second-order valence-electron chi connectivity index (χ2n) is 5.52. The highest BCUT2D eigenvalue weighted by Gasteiger charge is 2.35. The lowest BCUT2D eigenvalue weighted by Gasteiger charge is -2.32. The molecule has 0 aromatic carbocycles. The van der Waals surface area contributed by atoms with E-state index in [0.29, 0.717) is 17.9 Å². The Bertz CT molecular complexity index is 289. The maximum Gasteiger partial charge on any atom is 0.134 e. The van der Waals surface area contributed by atoms with Gasteiger partial charge in [-0.2, -0.15) is 0 Å². The molecule has 2 aliphatic heterocycles. The van der Waals surface area contributed by atoms with Crippen LogP contribution < -0.4 is 0 Å². The summed E-state index contributed by atoms with van der Waals surface area (Å²) < 4.78 is 5.40. The molecule has 96 valence electrons. The lowest BCUT2D eigenvalue weighted by atomic mass is 10.2. The van der Waals surface area contributed by atoms with Crippen LogP contribution in [-0.4, -0.2) is 67.1 Å². The van der Waals surface area contributed by atoms with Gasteiger partial charge in [-0.1, -0.05) is 0 Å². The largest absolute Gasteiger partial charge is 0.379 e. The Morgan fingerprint density at radius 1 is 1.00 bits per heavy atom. The lowest BCUT2D eigenvalue weighted by molar-refractivity contribution is -0.117. The van der Waals surface area contributed by atoms with Crippen molar-refractivity contribution in [2.45, 2.75) is 37.8 Å². The second kappa shape index (κ2) is 5.04. The Kier molecular flexibility index (Phi) is 3.45. The van der Waals surface area contributed by atoms with Crippen LogP contribution in [0.3, 0.4) is 0 Å². The van der Waals surface area contributed by atoms with E-state index < -0.39 is 0 Å². The number of carbonyl (C=O) groups excluding carboxylic acids is 1. The van der Waals surface area contributed by atoms with E-state index in [1.807, 2.05) is 0 Å². The fraction of sp³-hybridized carbons (Fsp3) is 0.923. The molecule has 3 aliphatic rings. The van der Waals surface area contributed by atoms with Crippen LogP contribution in [0.2, 0.25) is 0 Å². The van der Waals surface area contributed by atoms with Gasteiger partial charge in [-0.3, -0.25) is 14.6 Å². The average molecular weight is 238 g/mol. The van der Waals surface area contributed by atoms with Gasteiger partial charge in [0.1, 0.15) is 5.78 Å². The van der Waals surface area contributed by atoms with Gasteiger partial charge < -0.3 is 4.74 Å². The van der Waals surface area contributed by atoms with Gasteiger partial charge in [0.2, 0.25) is 0 Å². The molecule has 17 heavy (non-hydrogen) atoms. The molecule has 1 saturated carbocycles. The van der Waals surface area contributed by atoms with E-state index >= 15 is 0 Å². The third kappa shape index (κ3) is 2.54. The summed E-state index contributed by atoms with van der Waals surface area (Å²) in [6.07, 6.45) is 3.97. The zero-order valence-corrected chi connectivity index (χ0v) is 10.4. The van der Waals surface area contributed by atoms with Crippen LogP contribution in [-0.2, 0) is 9.53 Å². The van der Waals surface area contributed by atoms with Crippen LogP contribution in [0.15, 0.2) is 0 Å². The second-order valence-corrected chi connectivity index (χ2v) is 5.52. The molecule has 2 atom stereocenters. The number of likely N-dealkylation sites (tertiary alicyclic amines) is 1. The molecule has 3 rings (SSSR count). The number of rotatable bonds is 2. The first-order valence-corrected chi connectivity index (χ1v) is 6.90. The minimum absolute atomic E-state index is 0.463. The molecule has 4 heteroatoms. The summed E-state index contributed by atoms with van der Waals surface area (Å²) in [5.41, 5.74) is 0. The van der Waals surface area contributed by atoms with Crippen molar-refractivity contribution in [3.63, 3.8) is 0 Å². The Hall–Kier alpha value is -0.450. The van der Waals surface area contributed by atoms with Crippen molar-refractivity contribution in [1.82, 2.24) is 9.80 Å². The van der Waals surface area contributed by atoms with Crippen LogP contribution in [0.5, 0.6) is 0 Å². The van der Waals surface area contributed by atoms with Gasteiger partial charge in [-0.05, 0) is 12.8 Å². The molecule has 0 radical (unpaired) electrons. The van der Waals surface area contributed by atoms with Crippen LogP contribution in [0.25, 0.3) is 0 Å². The molecule has 0 bridgehead atoms. The Balaban J connectivity index is 1.52. The van der Waals surface area contributed by atoms with Crippen molar-refractivity contribution in [3.8, 4) is 0 Å². The molecule has 0 spiro atoms. The van der Waals surface area contributed by atoms with Crippen LogP contribution >= 0.6 is 0 Å². The molecule has 1 aliphatic carbocycles. The van der Waals surface area contributed by atoms with Gasteiger partial charge in [-0.25, -0.2) is 0 Å². The van der Waals surface area contributed by atoms with E-state index in [0.717, 1.165) is 52.1 Å². The van der Waals surface area contributed by atoms with Crippen LogP contribution in [0.1, 0.15) is 25.7 Å². The molecular weight excluding hydrogens is 216 g/mol. The van der Waals surface area contributed by atoms with E-state index in [2.05, 4.69) is 9.80 Å². The first kappa shape index (κ1) is 11.6. The summed E-state index contributed by atoms with van der Waals surface area (Å²) in [4.78, 5) is 16.5. The molecule has 4 nitrogen and oxygen atoms in total. The molecule has 3 fully saturated rings. The van der Waals surface area contributed by atoms with E-state index in [9.17, 15) is 4.79 Å². The molecule has 0 aromatic heterocycles. The van der Waals surface area contributed by atoms with Crippen LogP contribution in [0, 0.1) is 0 Å². The summed E-state index contributed by atoms with van der Waals surface area (Å²) in [6, 6.07) is 1.25. The quantitative estimate of drug-likeness (QED) is 0.702. The predicted molar refractivity (Wildman–Crippen MR) is 65.0 cm³/mol. The maximum atomic E-state index is 11.3. The van der Waals surface area contributed by atoms with Crippen molar-refractivity contribution >= 4 is 5.78 Å². The van der Waals surface area contributed by atoms with Crippen LogP contribution in [0.4, 0.5) is 0 Å². The molecule has 2 heterocycles. The number of carbonyl (C=O) groups is 1. The van der Waals surface area contributed by atoms with Gasteiger partial charge >= 0.3 is 0 Å². The molecule has 0 N–H and O–H groups in total. The van der Waals surface area contributed by atoms with Crippen molar-refractivity contribution in [2.75, 3.05) is 39.4 Å². The minimum Gasteiger partial charge on any atom is -0.379 e. The summed E-state index contributed by atoms with van der Waals surface area (Å²) >= 11 is 0. The number of hydrogen-bond acceptors (Lipinski definition) is 4. The first-order chi connectivity index (χ1) is 8.33. The third-order valence-corrected chi connectivity index (χ3v) is 4.49. The zero-order valence-electron chi connectivity index (χ0n) is 10.4. The highest BCUT2D eigenvalue weighted by atomic mass is 16.5. The maximum absolute atomic E-state index is 11.3. The average Bonchev–Trinajstić information content (AvgIpc) is 2.98. The standard InChI is InChI=1S/C13H22N2O2/c16-13-2-1-11(9-13)15-4-3-12(10-15)14-5-7-17-8-6-14/h11-12H,1-10H2. The molecule has 0 aromatic rings. The van der Waals surface area contributed by atoms with Crippen molar-refractivity contribution < 1.29 is 9.53 Å². The zero-order chi connectivity index (χ0) is 11.7. The first-order valence-electron chi connectivity index (χ1n) is 6.90. The number of ketones is 1. The smallest absolute Gasteiger partial charge is 0.134 e. The SMILES string of the molecule is O=C1CCC(N2CCC(N3CCOCC3)C2)C1. The number of hydrogen-bond donors (Lipinski definition) is 0. The number of nitrogens with zero attached hydrogens (tertiary/aromatic N) is 2. The minimum atomic E-state index is 0.463. The van der Waals surface area contributed by atoms with E-state index in [1.54, 1.807) is 0 Å². The molecule has 2 saturated heterocycles. The monoisotopic (exact) mass is 238 g/mol. The van der Waals surface area contributed by atoms with Gasteiger partial charge in [-0.15, -0.1) is 0 Å². The van der Waals surface area contributed by atoms with Gasteiger partial charge in [0.15, 0.2) is 0 Å². The topological polar surface area (TPSA) is 32.8 Å². The molecule has 2 unspecified atom stereocenters. The lowest BCUT2D eigenvalue weighted by Crippen LogP contribution is -2.45. The Morgan fingerprint density at radius 2 is 1.82 bits per heavy atom. The Labute approximate surface area is 103 Å². The summed E-state index contributed by atoms with van der Waals surface area (Å²) in [7, 11) is 0. The third-order valence-electron chi connectivity index (χ3n) is 4.49. The Morgan fingerprint density at radius 3 is 2.53 bits per heavy atom. The van der Waals surface area contributed by atoms with E-state index in [-0.39, 0.29) is 0 Å². The van der Waals surface area contributed by atoms with Gasteiger partial charge in [0, 0.05) is 51.1 Å². The molecular formula is C13H22N2O2. The molecule has 0 amide bonds.